The summed E-state index contributed by atoms with van der Waals surface area (Å²) in [5.41, 5.74) is 0.0817. The van der Waals surface area contributed by atoms with Crippen LogP contribution < -0.4 is 5.32 Å². The minimum absolute atomic E-state index is 0.0817. The topological polar surface area (TPSA) is 32.3 Å². The summed E-state index contributed by atoms with van der Waals surface area (Å²) in [6.07, 6.45) is 3.21. The molecule has 1 fully saturated rings. The summed E-state index contributed by atoms with van der Waals surface area (Å²) in [6, 6.07) is 0. The lowest BCUT2D eigenvalue weighted by atomic mass is 9.85. The Morgan fingerprint density at radius 2 is 2.00 bits per heavy atom. The number of amides is 1. The maximum Gasteiger partial charge on any atom is 0.217 e. The molecule has 0 aromatic rings. The van der Waals surface area contributed by atoms with Crippen LogP contribution in [0.15, 0.2) is 0 Å². The van der Waals surface area contributed by atoms with Crippen LogP contribution in [0.5, 0.6) is 0 Å². The van der Waals surface area contributed by atoms with Crippen LogP contribution in [0.2, 0.25) is 0 Å². The van der Waals surface area contributed by atoms with Gasteiger partial charge in [-0.3, -0.25) is 4.79 Å². The second kappa shape index (κ2) is 4.09. The van der Waals surface area contributed by atoms with E-state index in [1.807, 2.05) is 0 Å². The van der Waals surface area contributed by atoms with Crippen molar-refractivity contribution in [2.75, 3.05) is 20.1 Å². The van der Waals surface area contributed by atoms with Gasteiger partial charge < -0.3 is 10.2 Å². The fraction of sp³-hybridized carbons (Fsp3) is 0.900. The van der Waals surface area contributed by atoms with Crippen LogP contribution in [0.25, 0.3) is 0 Å². The Bertz CT molecular complexity index is 183. The van der Waals surface area contributed by atoms with Crippen LogP contribution in [-0.4, -0.2) is 36.5 Å². The van der Waals surface area contributed by atoms with E-state index in [9.17, 15) is 4.79 Å². The molecule has 0 spiro atoms. The molecule has 0 aliphatic carbocycles. The van der Waals surface area contributed by atoms with E-state index < -0.39 is 0 Å². The zero-order chi connectivity index (χ0) is 9.90. The predicted molar refractivity (Wildman–Crippen MR) is 53.6 cm³/mol. The number of piperidine rings is 1. The Morgan fingerprint density at radius 1 is 1.46 bits per heavy atom. The molecule has 3 nitrogen and oxygen atoms in total. The molecule has 1 saturated heterocycles. The highest BCUT2D eigenvalue weighted by molar-refractivity contribution is 5.73. The van der Waals surface area contributed by atoms with Crippen molar-refractivity contribution in [3.05, 3.63) is 0 Å². The van der Waals surface area contributed by atoms with Gasteiger partial charge in [0.1, 0.15) is 0 Å². The Labute approximate surface area is 80.5 Å². The van der Waals surface area contributed by atoms with Crippen LogP contribution in [0.1, 0.15) is 33.1 Å². The Hall–Kier alpha value is -0.570. The van der Waals surface area contributed by atoms with Crippen LogP contribution >= 0.6 is 0 Å². The number of nitrogens with zero attached hydrogens (tertiary/aromatic N) is 1. The summed E-state index contributed by atoms with van der Waals surface area (Å²) in [7, 11) is 2.13. The van der Waals surface area contributed by atoms with Crippen molar-refractivity contribution in [1.29, 1.82) is 0 Å². The second-order valence-corrected chi connectivity index (χ2v) is 4.12. The summed E-state index contributed by atoms with van der Waals surface area (Å²) in [5.74, 6) is 0.103. The largest absolute Gasteiger partial charge is 0.351 e. The maximum absolute atomic E-state index is 11.0. The fourth-order valence-electron chi connectivity index (χ4n) is 1.99. The summed E-state index contributed by atoms with van der Waals surface area (Å²) in [4.78, 5) is 13.3. The van der Waals surface area contributed by atoms with Gasteiger partial charge in [-0.05, 0) is 26.3 Å². The lowest BCUT2D eigenvalue weighted by molar-refractivity contribution is -0.121. The first-order valence-electron chi connectivity index (χ1n) is 5.05. The third-order valence-corrected chi connectivity index (χ3v) is 3.06. The minimum Gasteiger partial charge on any atom is -0.351 e. The molecule has 1 amide bonds. The molecular weight excluding hydrogens is 164 g/mol. The minimum atomic E-state index is 0.0817. The molecule has 3 heteroatoms. The van der Waals surface area contributed by atoms with E-state index >= 15 is 0 Å². The summed E-state index contributed by atoms with van der Waals surface area (Å²) in [6.45, 7) is 5.94. The molecular formula is C10H20N2O. The van der Waals surface area contributed by atoms with Gasteiger partial charge >= 0.3 is 0 Å². The normalized spacial score (nSPS) is 22.7. The summed E-state index contributed by atoms with van der Waals surface area (Å²) < 4.78 is 0. The molecule has 0 aromatic carbocycles. The molecule has 76 valence electrons. The van der Waals surface area contributed by atoms with Gasteiger partial charge in [0, 0.05) is 25.6 Å². The van der Waals surface area contributed by atoms with Crippen LogP contribution in [0.4, 0.5) is 0 Å². The van der Waals surface area contributed by atoms with Gasteiger partial charge in [0.25, 0.3) is 0 Å². The van der Waals surface area contributed by atoms with Gasteiger partial charge in [-0.25, -0.2) is 0 Å². The molecule has 1 rings (SSSR count). The van der Waals surface area contributed by atoms with Gasteiger partial charge in [0.15, 0.2) is 0 Å². The van der Waals surface area contributed by atoms with Gasteiger partial charge in [0.2, 0.25) is 5.91 Å². The third kappa shape index (κ3) is 2.69. The first kappa shape index (κ1) is 10.5. The molecule has 0 saturated carbocycles. The van der Waals surface area contributed by atoms with Crippen molar-refractivity contribution in [2.45, 2.75) is 38.6 Å². The molecule has 0 radical (unpaired) electrons. The first-order chi connectivity index (χ1) is 6.08. The SMILES string of the molecule is CCC1(NC(C)=O)CCN(C)CC1. The number of carbonyl (C=O) groups is 1. The predicted octanol–water partition coefficient (Wildman–Crippen LogP) is 0.997. The van der Waals surface area contributed by atoms with Crippen LogP contribution in [-0.2, 0) is 4.79 Å². The standard InChI is InChI=1S/C10H20N2O/c1-4-10(11-9(2)13)5-7-12(3)8-6-10/h4-8H2,1-3H3,(H,11,13). The van der Waals surface area contributed by atoms with Crippen LogP contribution in [0.3, 0.4) is 0 Å². The highest BCUT2D eigenvalue weighted by Crippen LogP contribution is 2.24. The number of carbonyl (C=O) groups excluding carboxylic acids is 1. The van der Waals surface area contributed by atoms with Crippen molar-refractivity contribution in [3.63, 3.8) is 0 Å². The lowest BCUT2D eigenvalue weighted by Gasteiger charge is -2.40. The molecule has 0 aromatic heterocycles. The number of nitrogens with one attached hydrogen (secondary N) is 1. The molecule has 1 heterocycles. The van der Waals surface area contributed by atoms with E-state index in [0.29, 0.717) is 0 Å². The van der Waals surface area contributed by atoms with Crippen LogP contribution in [0, 0.1) is 0 Å². The highest BCUT2D eigenvalue weighted by Gasteiger charge is 2.32. The van der Waals surface area contributed by atoms with E-state index in [1.54, 1.807) is 6.92 Å². The molecule has 1 N–H and O–H groups in total. The number of hydrogen-bond donors (Lipinski definition) is 1. The number of hydrogen-bond acceptors (Lipinski definition) is 2. The van der Waals surface area contributed by atoms with E-state index in [-0.39, 0.29) is 11.4 Å². The van der Waals surface area contributed by atoms with Crippen molar-refractivity contribution in [3.8, 4) is 0 Å². The highest BCUT2D eigenvalue weighted by atomic mass is 16.1. The number of rotatable bonds is 2. The molecule has 0 bridgehead atoms. The van der Waals surface area contributed by atoms with Crippen molar-refractivity contribution in [2.24, 2.45) is 0 Å². The molecule has 1 aliphatic heterocycles. The molecule has 13 heavy (non-hydrogen) atoms. The molecule has 0 atom stereocenters. The quantitative estimate of drug-likeness (QED) is 0.694. The zero-order valence-electron chi connectivity index (χ0n) is 8.89. The molecule has 0 unspecified atom stereocenters. The summed E-state index contributed by atoms with van der Waals surface area (Å²) in [5, 5.41) is 3.10. The Kier molecular flexibility index (Phi) is 3.31. The smallest absolute Gasteiger partial charge is 0.217 e. The Morgan fingerprint density at radius 3 is 2.38 bits per heavy atom. The Balaban J connectivity index is 2.55. The van der Waals surface area contributed by atoms with E-state index in [4.69, 9.17) is 0 Å². The van der Waals surface area contributed by atoms with Crippen molar-refractivity contribution < 1.29 is 4.79 Å². The van der Waals surface area contributed by atoms with Gasteiger partial charge in [0.05, 0.1) is 0 Å². The second-order valence-electron chi connectivity index (χ2n) is 4.12. The van der Waals surface area contributed by atoms with E-state index in [1.165, 1.54) is 0 Å². The van der Waals surface area contributed by atoms with Gasteiger partial charge in [-0.15, -0.1) is 0 Å². The monoisotopic (exact) mass is 184 g/mol. The lowest BCUT2D eigenvalue weighted by Crippen LogP contribution is -2.53. The number of likely N-dealkylation sites (tertiary alicyclic amines) is 1. The third-order valence-electron chi connectivity index (χ3n) is 3.06. The van der Waals surface area contributed by atoms with Gasteiger partial charge in [-0.1, -0.05) is 6.92 Å². The van der Waals surface area contributed by atoms with E-state index in [2.05, 4.69) is 24.2 Å². The van der Waals surface area contributed by atoms with E-state index in [0.717, 1.165) is 32.4 Å². The average molecular weight is 184 g/mol. The van der Waals surface area contributed by atoms with Crippen molar-refractivity contribution >= 4 is 5.91 Å². The fourth-order valence-corrected chi connectivity index (χ4v) is 1.99. The maximum atomic E-state index is 11.0. The first-order valence-corrected chi connectivity index (χ1v) is 5.05. The van der Waals surface area contributed by atoms with Gasteiger partial charge in [-0.2, -0.15) is 0 Å². The van der Waals surface area contributed by atoms with Crippen molar-refractivity contribution in [1.82, 2.24) is 10.2 Å². The average Bonchev–Trinajstić information content (AvgIpc) is 2.09. The molecule has 1 aliphatic rings. The summed E-state index contributed by atoms with van der Waals surface area (Å²) >= 11 is 0. The zero-order valence-corrected chi connectivity index (χ0v) is 8.89.